The Morgan fingerprint density at radius 1 is 0.735 bits per heavy atom. The highest BCUT2D eigenvalue weighted by Crippen LogP contribution is 2.23. The van der Waals surface area contributed by atoms with Gasteiger partial charge in [-0.15, -0.1) is 0 Å². The summed E-state index contributed by atoms with van der Waals surface area (Å²) in [7, 11) is 0. The second kappa shape index (κ2) is 17.2. The summed E-state index contributed by atoms with van der Waals surface area (Å²) < 4.78 is 0. The number of carbonyl (C=O) groups is 1. The fraction of sp³-hybridized carbons (Fsp3) is 0.581. The number of nitrogens with one attached hydrogen (secondary N) is 1. The molecule has 3 heteroatoms. The SMILES string of the molecule is CCCCCCCCCC(CCCCCC)N(Cc1ccccc1)C(=O)Nc1ccccc1C. The van der Waals surface area contributed by atoms with Crippen molar-refractivity contribution in [3.63, 3.8) is 0 Å². The van der Waals surface area contributed by atoms with E-state index in [9.17, 15) is 4.79 Å². The van der Waals surface area contributed by atoms with Crippen LogP contribution in [-0.2, 0) is 6.54 Å². The van der Waals surface area contributed by atoms with E-state index in [4.69, 9.17) is 0 Å². The van der Waals surface area contributed by atoms with Crippen LogP contribution in [0.2, 0.25) is 0 Å². The van der Waals surface area contributed by atoms with Gasteiger partial charge in [0, 0.05) is 18.3 Å². The summed E-state index contributed by atoms with van der Waals surface area (Å²) in [6, 6.07) is 18.8. The minimum absolute atomic E-state index is 0.0293. The van der Waals surface area contributed by atoms with Gasteiger partial charge in [0.05, 0.1) is 0 Å². The second-order valence-corrected chi connectivity index (χ2v) is 9.77. The average Bonchev–Trinajstić information content (AvgIpc) is 2.85. The topological polar surface area (TPSA) is 32.3 Å². The van der Waals surface area contributed by atoms with Crippen LogP contribution in [0.4, 0.5) is 10.5 Å². The lowest BCUT2D eigenvalue weighted by Crippen LogP contribution is -2.42. The number of nitrogens with zero attached hydrogens (tertiary/aromatic N) is 1. The number of rotatable bonds is 17. The summed E-state index contributed by atoms with van der Waals surface area (Å²) in [6.07, 6.45) is 16.3. The highest BCUT2D eigenvalue weighted by Gasteiger charge is 2.24. The van der Waals surface area contributed by atoms with Crippen molar-refractivity contribution in [1.82, 2.24) is 4.90 Å². The van der Waals surface area contributed by atoms with Gasteiger partial charge >= 0.3 is 6.03 Å². The lowest BCUT2D eigenvalue weighted by Gasteiger charge is -2.33. The average molecular weight is 465 g/mol. The molecule has 2 aromatic carbocycles. The zero-order chi connectivity index (χ0) is 24.4. The third kappa shape index (κ3) is 10.8. The summed E-state index contributed by atoms with van der Waals surface area (Å²) >= 11 is 0. The van der Waals surface area contributed by atoms with Gasteiger partial charge in [-0.3, -0.25) is 0 Å². The molecular formula is C31H48N2O. The van der Waals surface area contributed by atoms with Crippen LogP contribution in [0.1, 0.15) is 108 Å². The summed E-state index contributed by atoms with van der Waals surface area (Å²) in [5.41, 5.74) is 3.20. The van der Waals surface area contributed by atoms with Crippen LogP contribution >= 0.6 is 0 Å². The second-order valence-electron chi connectivity index (χ2n) is 9.77. The Hall–Kier alpha value is -2.29. The fourth-order valence-corrected chi connectivity index (χ4v) is 4.65. The van der Waals surface area contributed by atoms with Crippen LogP contribution < -0.4 is 5.32 Å². The Morgan fingerprint density at radius 3 is 1.88 bits per heavy atom. The minimum atomic E-state index is 0.0293. The number of urea groups is 1. The van der Waals surface area contributed by atoms with E-state index in [1.165, 1.54) is 76.2 Å². The van der Waals surface area contributed by atoms with Gasteiger partial charge in [0.2, 0.25) is 0 Å². The Bertz CT molecular complexity index is 789. The van der Waals surface area contributed by atoms with Crippen molar-refractivity contribution in [2.45, 2.75) is 117 Å². The van der Waals surface area contributed by atoms with Crippen molar-refractivity contribution in [3.05, 3.63) is 65.7 Å². The summed E-state index contributed by atoms with van der Waals surface area (Å²) in [5.74, 6) is 0. The summed E-state index contributed by atoms with van der Waals surface area (Å²) in [5, 5.41) is 3.22. The molecule has 0 aliphatic heterocycles. The maximum absolute atomic E-state index is 13.6. The third-order valence-electron chi connectivity index (χ3n) is 6.82. The molecule has 1 unspecified atom stereocenters. The van der Waals surface area contributed by atoms with Crippen molar-refractivity contribution in [2.75, 3.05) is 5.32 Å². The number of para-hydroxylation sites is 1. The van der Waals surface area contributed by atoms with Crippen LogP contribution in [0.5, 0.6) is 0 Å². The normalized spacial score (nSPS) is 11.9. The van der Waals surface area contributed by atoms with E-state index >= 15 is 0 Å². The number of aryl methyl sites for hydroxylation is 1. The van der Waals surface area contributed by atoms with Gasteiger partial charge in [-0.05, 0) is 37.0 Å². The molecule has 0 fully saturated rings. The van der Waals surface area contributed by atoms with Gasteiger partial charge in [-0.2, -0.15) is 0 Å². The highest BCUT2D eigenvalue weighted by molar-refractivity contribution is 5.90. The van der Waals surface area contributed by atoms with Crippen molar-refractivity contribution < 1.29 is 4.79 Å². The van der Waals surface area contributed by atoms with E-state index in [2.05, 4.69) is 61.3 Å². The van der Waals surface area contributed by atoms with Crippen LogP contribution in [0.15, 0.2) is 54.6 Å². The first kappa shape index (κ1) is 28.0. The number of anilines is 1. The van der Waals surface area contributed by atoms with Gasteiger partial charge in [0.15, 0.2) is 0 Å². The van der Waals surface area contributed by atoms with E-state index in [1.54, 1.807) is 0 Å². The molecule has 34 heavy (non-hydrogen) atoms. The van der Waals surface area contributed by atoms with Crippen molar-refractivity contribution in [2.24, 2.45) is 0 Å². The first-order valence-corrected chi connectivity index (χ1v) is 13.8. The summed E-state index contributed by atoms with van der Waals surface area (Å²) in [6.45, 7) is 7.24. The van der Waals surface area contributed by atoms with Gasteiger partial charge < -0.3 is 10.2 Å². The van der Waals surface area contributed by atoms with E-state index in [-0.39, 0.29) is 12.1 Å². The smallest absolute Gasteiger partial charge is 0.317 e. The predicted octanol–water partition coefficient (Wildman–Crippen LogP) is 9.51. The molecule has 0 saturated heterocycles. The van der Waals surface area contributed by atoms with Crippen LogP contribution in [-0.4, -0.2) is 17.0 Å². The third-order valence-corrected chi connectivity index (χ3v) is 6.82. The highest BCUT2D eigenvalue weighted by atomic mass is 16.2. The van der Waals surface area contributed by atoms with Gasteiger partial charge in [0.1, 0.15) is 0 Å². The van der Waals surface area contributed by atoms with E-state index < -0.39 is 0 Å². The Morgan fingerprint density at radius 2 is 1.26 bits per heavy atom. The van der Waals surface area contributed by atoms with Crippen molar-refractivity contribution >= 4 is 11.7 Å². The molecule has 1 atom stereocenters. The molecule has 0 spiro atoms. The number of carbonyl (C=O) groups excluding carboxylic acids is 1. The van der Waals surface area contributed by atoms with Gasteiger partial charge in [-0.25, -0.2) is 4.79 Å². The lowest BCUT2D eigenvalue weighted by molar-refractivity contribution is 0.171. The van der Waals surface area contributed by atoms with Crippen LogP contribution in [0.3, 0.4) is 0 Å². The van der Waals surface area contributed by atoms with Crippen LogP contribution in [0, 0.1) is 6.92 Å². The molecule has 0 bridgehead atoms. The Labute approximate surface area is 209 Å². The lowest BCUT2D eigenvalue weighted by atomic mass is 9.98. The molecule has 2 rings (SSSR count). The molecule has 0 heterocycles. The Balaban J connectivity index is 2.10. The maximum Gasteiger partial charge on any atom is 0.322 e. The first-order valence-electron chi connectivity index (χ1n) is 13.8. The molecule has 2 amide bonds. The van der Waals surface area contributed by atoms with Gasteiger partial charge in [0.25, 0.3) is 0 Å². The first-order chi connectivity index (χ1) is 16.7. The number of hydrogen-bond donors (Lipinski definition) is 1. The van der Waals surface area contributed by atoms with Crippen molar-refractivity contribution in [1.29, 1.82) is 0 Å². The molecule has 1 N–H and O–H groups in total. The van der Waals surface area contributed by atoms with Gasteiger partial charge in [-0.1, -0.05) is 133 Å². The predicted molar refractivity (Wildman–Crippen MR) is 147 cm³/mol. The van der Waals surface area contributed by atoms with E-state index in [0.717, 1.165) is 24.1 Å². The molecule has 0 aromatic heterocycles. The van der Waals surface area contributed by atoms with Crippen LogP contribution in [0.25, 0.3) is 0 Å². The molecular weight excluding hydrogens is 416 g/mol. The fourth-order valence-electron chi connectivity index (χ4n) is 4.65. The van der Waals surface area contributed by atoms with E-state index in [1.807, 2.05) is 24.3 Å². The number of unbranched alkanes of at least 4 members (excludes halogenated alkanes) is 9. The molecule has 2 aromatic rings. The molecule has 188 valence electrons. The standard InChI is InChI=1S/C31H48N2O/c1-4-6-8-10-11-12-17-24-29(23-16-9-7-5-2)33(26-28-21-14-13-15-22-28)31(34)32-30-25-19-18-20-27(30)3/h13-15,18-22,25,29H,4-12,16-17,23-24,26H2,1-3H3,(H,32,34). The van der Waals surface area contributed by atoms with Crippen molar-refractivity contribution in [3.8, 4) is 0 Å². The quantitative estimate of drug-likeness (QED) is 0.232. The monoisotopic (exact) mass is 464 g/mol. The number of amides is 2. The number of benzene rings is 2. The zero-order valence-corrected chi connectivity index (χ0v) is 22.0. The number of hydrogen-bond acceptors (Lipinski definition) is 1. The molecule has 0 aliphatic carbocycles. The Kier molecular flexibility index (Phi) is 14.1. The van der Waals surface area contributed by atoms with E-state index in [0.29, 0.717) is 6.54 Å². The molecule has 0 aliphatic rings. The molecule has 0 saturated carbocycles. The largest absolute Gasteiger partial charge is 0.322 e. The summed E-state index contributed by atoms with van der Waals surface area (Å²) in [4.78, 5) is 15.7. The molecule has 0 radical (unpaired) electrons. The maximum atomic E-state index is 13.6. The minimum Gasteiger partial charge on any atom is -0.317 e. The molecule has 3 nitrogen and oxygen atoms in total. The zero-order valence-electron chi connectivity index (χ0n) is 22.0.